The van der Waals surface area contributed by atoms with Crippen molar-refractivity contribution in [3.63, 3.8) is 0 Å². The predicted octanol–water partition coefficient (Wildman–Crippen LogP) is 2.21. The first kappa shape index (κ1) is 17.7. The van der Waals surface area contributed by atoms with E-state index in [9.17, 15) is 21.6 Å². The molecule has 9 heteroatoms. The van der Waals surface area contributed by atoms with Gasteiger partial charge in [-0.25, -0.2) is 0 Å². The molecular formula is C12H18F3N3O2S. The van der Waals surface area contributed by atoms with Crippen molar-refractivity contribution in [2.24, 2.45) is 5.73 Å². The summed E-state index contributed by atoms with van der Waals surface area (Å²) < 4.78 is 66.6. The van der Waals surface area contributed by atoms with Crippen LogP contribution in [0.15, 0.2) is 18.2 Å². The molecule has 0 radical (unpaired) electrons. The molecule has 0 amide bonds. The Kier molecular flexibility index (Phi) is 4.91. The summed E-state index contributed by atoms with van der Waals surface area (Å²) in [6.45, 7) is 4.56. The molecule has 0 aliphatic carbocycles. The standard InChI is InChI=1S/C12H18F3N3O2S/c1-11(2,3)18-21(19,20)17-9-5-4-8(7-16)10(6-9)12(13,14)15/h4-6,17-18H,7,16H2,1-3H3. The van der Waals surface area contributed by atoms with Crippen LogP contribution in [0.2, 0.25) is 0 Å². The topological polar surface area (TPSA) is 84.2 Å². The highest BCUT2D eigenvalue weighted by atomic mass is 32.2. The van der Waals surface area contributed by atoms with Crippen molar-refractivity contribution < 1.29 is 21.6 Å². The quantitative estimate of drug-likeness (QED) is 0.793. The molecule has 0 bridgehead atoms. The Bertz CT molecular complexity index is 607. The normalized spacial score (nSPS) is 13.3. The molecule has 0 atom stereocenters. The van der Waals surface area contributed by atoms with Crippen LogP contribution >= 0.6 is 0 Å². The van der Waals surface area contributed by atoms with Gasteiger partial charge in [-0.05, 0) is 38.5 Å². The van der Waals surface area contributed by atoms with Crippen molar-refractivity contribution in [1.82, 2.24) is 4.72 Å². The van der Waals surface area contributed by atoms with Gasteiger partial charge in [0.05, 0.1) is 11.3 Å². The first-order valence-corrected chi connectivity index (χ1v) is 7.54. The van der Waals surface area contributed by atoms with Crippen LogP contribution in [0, 0.1) is 0 Å². The second-order valence-corrected chi connectivity index (χ2v) is 6.95. The third kappa shape index (κ3) is 5.52. The van der Waals surface area contributed by atoms with Crippen LogP contribution in [0.4, 0.5) is 18.9 Å². The lowest BCUT2D eigenvalue weighted by molar-refractivity contribution is -0.138. The van der Waals surface area contributed by atoms with Crippen LogP contribution in [0.3, 0.4) is 0 Å². The van der Waals surface area contributed by atoms with Crippen molar-refractivity contribution in [3.8, 4) is 0 Å². The number of nitrogens with one attached hydrogen (secondary N) is 2. The molecule has 0 heterocycles. The number of halogens is 3. The fourth-order valence-electron chi connectivity index (χ4n) is 1.67. The maximum Gasteiger partial charge on any atom is 0.416 e. The summed E-state index contributed by atoms with van der Waals surface area (Å²) in [5.74, 6) is 0. The lowest BCUT2D eigenvalue weighted by Crippen LogP contribution is -2.43. The fraction of sp³-hybridized carbons (Fsp3) is 0.500. The number of hydrogen-bond donors (Lipinski definition) is 3. The van der Waals surface area contributed by atoms with E-state index in [1.165, 1.54) is 6.07 Å². The van der Waals surface area contributed by atoms with Crippen LogP contribution in [-0.2, 0) is 22.9 Å². The summed E-state index contributed by atoms with van der Waals surface area (Å²) in [4.78, 5) is 0. The molecule has 1 aromatic carbocycles. The number of nitrogens with two attached hydrogens (primary N) is 1. The monoisotopic (exact) mass is 325 g/mol. The van der Waals surface area contributed by atoms with E-state index in [-0.39, 0.29) is 17.8 Å². The molecule has 0 fully saturated rings. The van der Waals surface area contributed by atoms with E-state index in [0.717, 1.165) is 12.1 Å². The van der Waals surface area contributed by atoms with Gasteiger partial charge >= 0.3 is 6.18 Å². The number of benzene rings is 1. The maximum atomic E-state index is 12.9. The van der Waals surface area contributed by atoms with Crippen LogP contribution in [0.25, 0.3) is 0 Å². The molecule has 0 saturated heterocycles. The van der Waals surface area contributed by atoms with Gasteiger partial charge in [0, 0.05) is 12.1 Å². The van der Waals surface area contributed by atoms with Gasteiger partial charge < -0.3 is 5.73 Å². The Labute approximate surface area is 121 Å². The second-order valence-electron chi connectivity index (χ2n) is 5.53. The minimum Gasteiger partial charge on any atom is -0.326 e. The van der Waals surface area contributed by atoms with E-state index in [4.69, 9.17) is 5.73 Å². The highest BCUT2D eigenvalue weighted by Crippen LogP contribution is 2.33. The summed E-state index contributed by atoms with van der Waals surface area (Å²) in [5, 5.41) is 0. The van der Waals surface area contributed by atoms with Crippen molar-refractivity contribution in [2.45, 2.75) is 39.0 Å². The largest absolute Gasteiger partial charge is 0.416 e. The summed E-state index contributed by atoms with van der Waals surface area (Å²) in [5.41, 5.74) is 3.26. The first-order valence-electron chi connectivity index (χ1n) is 6.06. The average Bonchev–Trinajstić information content (AvgIpc) is 2.23. The molecule has 4 N–H and O–H groups in total. The van der Waals surface area contributed by atoms with Crippen LogP contribution < -0.4 is 15.2 Å². The smallest absolute Gasteiger partial charge is 0.326 e. The molecular weight excluding hydrogens is 307 g/mol. The van der Waals surface area contributed by atoms with Gasteiger partial charge in [-0.3, -0.25) is 4.72 Å². The van der Waals surface area contributed by atoms with E-state index < -0.39 is 27.5 Å². The third-order valence-electron chi connectivity index (χ3n) is 2.33. The molecule has 21 heavy (non-hydrogen) atoms. The highest BCUT2D eigenvalue weighted by molar-refractivity contribution is 7.90. The van der Waals surface area contributed by atoms with Gasteiger partial charge in [-0.1, -0.05) is 6.07 Å². The maximum absolute atomic E-state index is 12.9. The van der Waals surface area contributed by atoms with E-state index >= 15 is 0 Å². The van der Waals surface area contributed by atoms with E-state index in [0.29, 0.717) is 0 Å². The summed E-state index contributed by atoms with van der Waals surface area (Å²) in [6.07, 6.45) is -4.60. The van der Waals surface area contributed by atoms with E-state index in [2.05, 4.69) is 9.44 Å². The van der Waals surface area contributed by atoms with Crippen molar-refractivity contribution >= 4 is 15.9 Å². The Morgan fingerprint density at radius 2 is 1.76 bits per heavy atom. The fourth-order valence-corrected chi connectivity index (χ4v) is 2.96. The van der Waals surface area contributed by atoms with Gasteiger partial charge in [-0.15, -0.1) is 0 Å². The predicted molar refractivity (Wildman–Crippen MR) is 74.8 cm³/mol. The second kappa shape index (κ2) is 5.82. The van der Waals surface area contributed by atoms with Gasteiger partial charge in [-0.2, -0.15) is 26.3 Å². The van der Waals surface area contributed by atoms with Gasteiger partial charge in [0.2, 0.25) is 0 Å². The van der Waals surface area contributed by atoms with Crippen molar-refractivity contribution in [2.75, 3.05) is 4.72 Å². The Hall–Kier alpha value is -1.32. The molecule has 0 aromatic heterocycles. The van der Waals surface area contributed by atoms with Gasteiger partial charge in [0.25, 0.3) is 10.2 Å². The SMILES string of the molecule is CC(C)(C)NS(=O)(=O)Nc1ccc(CN)c(C(F)(F)F)c1. The summed E-state index contributed by atoms with van der Waals surface area (Å²) in [7, 11) is -3.97. The summed E-state index contributed by atoms with van der Waals surface area (Å²) >= 11 is 0. The van der Waals surface area contributed by atoms with Crippen molar-refractivity contribution in [1.29, 1.82) is 0 Å². The summed E-state index contributed by atoms with van der Waals surface area (Å²) in [6, 6.07) is 3.11. The lowest BCUT2D eigenvalue weighted by Gasteiger charge is -2.21. The first-order chi connectivity index (χ1) is 9.34. The third-order valence-corrected chi connectivity index (χ3v) is 3.71. The zero-order valence-electron chi connectivity index (χ0n) is 11.9. The number of hydrogen-bond acceptors (Lipinski definition) is 3. The van der Waals surface area contributed by atoms with Crippen molar-refractivity contribution in [3.05, 3.63) is 29.3 Å². The van der Waals surface area contributed by atoms with E-state index in [1.54, 1.807) is 20.8 Å². The Morgan fingerprint density at radius 1 is 1.19 bits per heavy atom. The van der Waals surface area contributed by atoms with Crippen LogP contribution in [0.1, 0.15) is 31.9 Å². The molecule has 0 aliphatic rings. The zero-order chi connectivity index (χ0) is 16.5. The molecule has 120 valence electrons. The van der Waals surface area contributed by atoms with E-state index in [1.807, 2.05) is 0 Å². The Balaban J connectivity index is 3.12. The Morgan fingerprint density at radius 3 is 2.19 bits per heavy atom. The highest BCUT2D eigenvalue weighted by Gasteiger charge is 2.33. The molecule has 0 saturated carbocycles. The molecule has 0 spiro atoms. The zero-order valence-corrected chi connectivity index (χ0v) is 12.7. The average molecular weight is 325 g/mol. The molecule has 0 unspecified atom stereocenters. The molecule has 1 rings (SSSR count). The number of alkyl halides is 3. The van der Waals surface area contributed by atoms with Crippen LogP contribution in [0.5, 0.6) is 0 Å². The minimum atomic E-state index is -4.60. The van der Waals surface area contributed by atoms with Gasteiger partial charge in [0.1, 0.15) is 0 Å². The van der Waals surface area contributed by atoms with Crippen LogP contribution in [-0.4, -0.2) is 14.0 Å². The lowest BCUT2D eigenvalue weighted by atomic mass is 10.1. The number of anilines is 1. The number of rotatable bonds is 4. The molecule has 1 aromatic rings. The van der Waals surface area contributed by atoms with Gasteiger partial charge in [0.15, 0.2) is 0 Å². The molecule has 0 aliphatic heterocycles. The minimum absolute atomic E-state index is 0.103. The molecule has 5 nitrogen and oxygen atoms in total.